The Morgan fingerprint density at radius 2 is 0.935 bits per heavy atom. The molecule has 3 aromatic carbocycles. The van der Waals surface area contributed by atoms with Crippen LogP contribution in [0.1, 0.15) is 20.8 Å². The van der Waals surface area contributed by atoms with Gasteiger partial charge in [0.1, 0.15) is 0 Å². The lowest BCUT2D eigenvalue weighted by Crippen LogP contribution is -2.06. The molecule has 0 amide bonds. The van der Waals surface area contributed by atoms with Crippen molar-refractivity contribution in [1.29, 1.82) is 0 Å². The lowest BCUT2D eigenvalue weighted by atomic mass is 10.3. The first-order valence-corrected chi connectivity index (χ1v) is 14.2. The molecule has 0 saturated heterocycles. The summed E-state index contributed by atoms with van der Waals surface area (Å²) in [4.78, 5) is 3.50. The van der Waals surface area contributed by atoms with Crippen molar-refractivity contribution in [2.24, 2.45) is 0 Å². The first-order valence-electron chi connectivity index (χ1n) is 9.05. The molecular formula is C23H23Cl5S3. The van der Waals surface area contributed by atoms with Crippen molar-refractivity contribution in [3.8, 4) is 0 Å². The number of rotatable bonds is 4. The molecule has 31 heavy (non-hydrogen) atoms. The van der Waals surface area contributed by atoms with Gasteiger partial charge < -0.3 is 0 Å². The summed E-state index contributed by atoms with van der Waals surface area (Å²) in [6, 6.07) is 23.6. The minimum Gasteiger partial charge on any atom is -0.120 e. The molecular weight excluding hydrogens is 550 g/mol. The van der Waals surface area contributed by atoms with Gasteiger partial charge in [0.2, 0.25) is 0 Å². The maximum Gasteiger partial charge on any atom is 0.0967 e. The Morgan fingerprint density at radius 1 is 0.613 bits per heavy atom. The number of halogens is 5. The van der Waals surface area contributed by atoms with Crippen molar-refractivity contribution in [2.45, 2.75) is 40.2 Å². The van der Waals surface area contributed by atoms with E-state index in [1.165, 1.54) is 4.90 Å². The smallest absolute Gasteiger partial charge is 0.0967 e. The van der Waals surface area contributed by atoms with Crippen LogP contribution in [0.15, 0.2) is 87.5 Å². The van der Waals surface area contributed by atoms with E-state index in [-0.39, 0.29) is 10.1 Å². The maximum absolute atomic E-state index is 5.91. The lowest BCUT2D eigenvalue weighted by molar-refractivity contribution is 0.803. The largest absolute Gasteiger partial charge is 0.120 e. The molecule has 0 aromatic heterocycles. The van der Waals surface area contributed by atoms with Crippen molar-refractivity contribution in [3.05, 3.63) is 87.9 Å². The number of hydrogen-bond acceptors (Lipinski definition) is 3. The van der Waals surface area contributed by atoms with Crippen LogP contribution in [-0.2, 0) is 0 Å². The van der Waals surface area contributed by atoms with Crippen molar-refractivity contribution >= 4 is 91.4 Å². The van der Waals surface area contributed by atoms with Gasteiger partial charge in [0.05, 0.1) is 5.34 Å². The molecule has 0 aliphatic rings. The highest BCUT2D eigenvalue weighted by atomic mass is 35.5. The zero-order valence-electron chi connectivity index (χ0n) is 17.2. The first-order chi connectivity index (χ1) is 14.6. The van der Waals surface area contributed by atoms with E-state index in [0.29, 0.717) is 0 Å². The number of benzene rings is 3. The van der Waals surface area contributed by atoms with Gasteiger partial charge in [-0.1, -0.05) is 95.4 Å². The van der Waals surface area contributed by atoms with Crippen molar-refractivity contribution in [1.82, 2.24) is 0 Å². The minimum absolute atomic E-state index is 0.194. The Morgan fingerprint density at radius 3 is 1.26 bits per heavy atom. The van der Waals surface area contributed by atoms with E-state index in [1.807, 2.05) is 78.5 Å². The molecule has 0 fully saturated rings. The summed E-state index contributed by atoms with van der Waals surface area (Å²) >= 11 is 29.0. The Hall–Kier alpha value is 0.160. The van der Waals surface area contributed by atoms with Crippen LogP contribution in [0.5, 0.6) is 0 Å². The summed E-state index contributed by atoms with van der Waals surface area (Å²) in [6.45, 7) is 6.58. The number of alkyl halides is 2. The molecule has 0 spiro atoms. The van der Waals surface area contributed by atoms with Crippen molar-refractivity contribution < 1.29 is 0 Å². The summed E-state index contributed by atoms with van der Waals surface area (Å²) < 4.78 is 0.255. The topological polar surface area (TPSA) is 0 Å². The van der Waals surface area contributed by atoms with E-state index in [4.69, 9.17) is 58.0 Å². The Balaban J connectivity index is 0.000000285. The summed E-state index contributed by atoms with van der Waals surface area (Å²) in [5, 5.41) is 2.53. The fourth-order valence-corrected chi connectivity index (χ4v) is 5.83. The van der Waals surface area contributed by atoms with Crippen LogP contribution in [0.3, 0.4) is 0 Å². The van der Waals surface area contributed by atoms with E-state index in [9.17, 15) is 0 Å². The lowest BCUT2D eigenvalue weighted by Gasteiger charge is -2.17. The molecule has 0 saturated carbocycles. The monoisotopic (exact) mass is 570 g/mol. The van der Waals surface area contributed by atoms with Gasteiger partial charge in [-0.3, -0.25) is 0 Å². The van der Waals surface area contributed by atoms with Gasteiger partial charge in [-0.2, -0.15) is 0 Å². The van der Waals surface area contributed by atoms with E-state index in [2.05, 4.69) is 26.8 Å². The van der Waals surface area contributed by atoms with Gasteiger partial charge in [-0.15, -0.1) is 35.0 Å². The van der Waals surface area contributed by atoms with Gasteiger partial charge in [0, 0.05) is 34.5 Å². The third-order valence-electron chi connectivity index (χ3n) is 3.05. The summed E-state index contributed by atoms with van der Waals surface area (Å²) in [6.07, 6.45) is 0. The van der Waals surface area contributed by atoms with Gasteiger partial charge in [-0.25, -0.2) is 0 Å². The molecule has 0 unspecified atom stereocenters. The normalized spacial score (nSPS) is 10.5. The molecule has 0 radical (unpaired) electrons. The summed E-state index contributed by atoms with van der Waals surface area (Å²) in [7, 11) is 3.34. The van der Waals surface area contributed by atoms with Crippen molar-refractivity contribution in [3.63, 3.8) is 0 Å². The third-order valence-corrected chi connectivity index (χ3v) is 7.23. The molecule has 0 aliphatic carbocycles. The Kier molecular flexibility index (Phi) is 15.0. The molecule has 8 heteroatoms. The molecule has 168 valence electrons. The van der Waals surface area contributed by atoms with Crippen LogP contribution >= 0.6 is 91.4 Å². The average molecular weight is 573 g/mol. The van der Waals surface area contributed by atoms with Gasteiger partial charge in [-0.05, 0) is 54.6 Å². The van der Waals surface area contributed by atoms with E-state index in [1.54, 1.807) is 21.6 Å². The van der Waals surface area contributed by atoms with Gasteiger partial charge in [0.25, 0.3) is 0 Å². The molecule has 3 rings (SSSR count). The number of thioether (sulfide) groups is 1. The highest BCUT2D eigenvalue weighted by molar-refractivity contribution is 8.76. The van der Waals surface area contributed by atoms with E-state index in [0.717, 1.165) is 24.9 Å². The fraction of sp³-hybridized carbons (Fsp3) is 0.217. The molecule has 0 heterocycles. The highest BCUT2D eigenvalue weighted by Gasteiger charge is 2.11. The SMILES string of the molecule is CC(C)(C)Sc1cccc(Cl)c1.ClCCl.Clc1cccc(SSc2cccc(Cl)c2)c1. The zero-order chi connectivity index (χ0) is 23.3. The van der Waals surface area contributed by atoms with Crippen LogP contribution in [0.2, 0.25) is 15.1 Å². The second kappa shape index (κ2) is 15.9. The summed E-state index contributed by atoms with van der Waals surface area (Å²) in [5.74, 6) is 0. The van der Waals surface area contributed by atoms with Crippen LogP contribution < -0.4 is 0 Å². The predicted molar refractivity (Wildman–Crippen MR) is 148 cm³/mol. The molecule has 0 bridgehead atoms. The van der Waals surface area contributed by atoms with Crippen LogP contribution in [0.25, 0.3) is 0 Å². The predicted octanol–water partition coefficient (Wildman–Crippen LogP) is 11.4. The Labute approximate surface area is 223 Å². The zero-order valence-corrected chi connectivity index (χ0v) is 23.5. The van der Waals surface area contributed by atoms with Crippen LogP contribution in [0, 0.1) is 0 Å². The molecule has 0 N–H and O–H groups in total. The van der Waals surface area contributed by atoms with Crippen LogP contribution in [0.4, 0.5) is 0 Å². The highest BCUT2D eigenvalue weighted by Crippen LogP contribution is 2.38. The fourth-order valence-electron chi connectivity index (χ4n) is 2.02. The minimum atomic E-state index is 0.194. The maximum atomic E-state index is 5.91. The molecule has 0 atom stereocenters. The van der Waals surface area contributed by atoms with Crippen LogP contribution in [-0.4, -0.2) is 10.1 Å². The average Bonchev–Trinajstić information content (AvgIpc) is 2.66. The molecule has 0 nitrogen and oxygen atoms in total. The first kappa shape index (κ1) is 29.2. The standard InChI is InChI=1S/C12H8Cl2S2.C10H13ClS.CH2Cl2/c13-9-3-1-5-11(7-9)15-16-12-6-2-4-10(14)8-12;1-10(2,3)12-9-6-4-5-8(11)7-9;2-1-3/h1-8H;4-7H,1-3H3;1H2. The van der Waals surface area contributed by atoms with E-state index < -0.39 is 0 Å². The number of hydrogen-bond donors (Lipinski definition) is 0. The second-order valence-electron chi connectivity index (χ2n) is 6.85. The molecule has 3 aromatic rings. The third kappa shape index (κ3) is 14.8. The van der Waals surface area contributed by atoms with Gasteiger partial charge in [0.15, 0.2) is 0 Å². The quantitative estimate of drug-likeness (QED) is 0.173. The van der Waals surface area contributed by atoms with Gasteiger partial charge >= 0.3 is 0 Å². The second-order valence-corrected chi connectivity index (χ2v) is 13.1. The van der Waals surface area contributed by atoms with Crippen molar-refractivity contribution in [2.75, 3.05) is 5.34 Å². The summed E-state index contributed by atoms with van der Waals surface area (Å²) in [5.41, 5.74) is 0. The Bertz CT molecular complexity index is 868. The molecule has 0 aliphatic heterocycles. The van der Waals surface area contributed by atoms with E-state index >= 15 is 0 Å².